The number of hydrazone groups is 2. The summed E-state index contributed by atoms with van der Waals surface area (Å²) in [4.78, 5) is 24.1. The second kappa shape index (κ2) is 17.7. The minimum Gasteiger partial charge on any atom is -0.506 e. The molecule has 4 rings (SSSR count). The van der Waals surface area contributed by atoms with Crippen LogP contribution in [-0.4, -0.2) is 48.7 Å². The maximum atomic E-state index is 12.1. The zero-order valence-corrected chi connectivity index (χ0v) is 31.6. The molecule has 0 atom stereocenters. The van der Waals surface area contributed by atoms with E-state index in [-0.39, 0.29) is 23.3 Å². The Kier molecular flexibility index (Phi) is 14.4. The molecule has 14 heteroatoms. The zero-order valence-electron chi connectivity index (χ0n) is 23.0. The molecule has 228 valence electrons. The molecule has 4 aromatic carbocycles. The predicted molar refractivity (Wildman–Crippen MR) is 203 cm³/mol. The Morgan fingerprint density at radius 3 is 1.39 bits per heavy atom. The average molecular weight is 1040 g/mol. The van der Waals surface area contributed by atoms with Crippen molar-refractivity contribution in [3.63, 3.8) is 0 Å². The van der Waals surface area contributed by atoms with Crippen molar-refractivity contribution < 1.29 is 29.3 Å². The molecular formula is C30H24I4N4O6. The second-order valence-electron chi connectivity index (χ2n) is 8.45. The summed E-state index contributed by atoms with van der Waals surface area (Å²) in [5, 5.41) is 27.7. The fraction of sp³-hybridized carbons (Fsp3) is 0.0667. The van der Waals surface area contributed by atoms with E-state index < -0.39 is 0 Å². The average Bonchev–Trinajstić information content (AvgIpc) is 3.01. The Hall–Kier alpha value is -2.72. The van der Waals surface area contributed by atoms with E-state index in [2.05, 4.69) is 66.2 Å². The molecule has 44 heavy (non-hydrogen) atoms. The first-order chi connectivity index (χ1) is 21.0. The summed E-state index contributed by atoms with van der Waals surface area (Å²) in [5.74, 6) is 0.457. The summed E-state index contributed by atoms with van der Waals surface area (Å²) in [5.41, 5.74) is 6.71. The van der Waals surface area contributed by atoms with Crippen LogP contribution < -0.4 is 20.3 Å². The number of nitrogens with one attached hydrogen (secondary N) is 2. The molecule has 10 nitrogen and oxygen atoms in total. The van der Waals surface area contributed by atoms with E-state index in [1.165, 1.54) is 26.6 Å². The Bertz CT molecular complexity index is 1590. The molecular weight excluding hydrogens is 1020 g/mol. The highest BCUT2D eigenvalue weighted by atomic mass is 127. The summed E-state index contributed by atoms with van der Waals surface area (Å²) in [6, 6.07) is 21.0. The van der Waals surface area contributed by atoms with Crippen molar-refractivity contribution in [2.45, 2.75) is 0 Å². The number of hydrogen-bond acceptors (Lipinski definition) is 8. The number of carbonyl (C=O) groups excluding carboxylic acids is 2. The molecule has 0 bridgehead atoms. The SMILES string of the molecule is COc1ccccc1C(=O)N/N=C/c1cc(I)cc(I)c1O.COc1ccccc1C(=O)N/N=C/c1cc(I)cc(I)c1O. The number of hydrogen-bond donors (Lipinski definition) is 4. The van der Waals surface area contributed by atoms with Crippen molar-refractivity contribution in [1.82, 2.24) is 10.9 Å². The molecule has 0 radical (unpaired) electrons. The highest BCUT2D eigenvalue weighted by molar-refractivity contribution is 14.1. The van der Waals surface area contributed by atoms with Crippen LogP contribution in [0, 0.1) is 14.3 Å². The van der Waals surface area contributed by atoms with Gasteiger partial charge in [0.1, 0.15) is 23.0 Å². The van der Waals surface area contributed by atoms with Gasteiger partial charge in [-0.2, -0.15) is 10.2 Å². The normalized spacial score (nSPS) is 10.7. The van der Waals surface area contributed by atoms with Gasteiger partial charge in [0.25, 0.3) is 11.8 Å². The number of rotatable bonds is 8. The third-order valence-corrected chi connectivity index (χ3v) is 8.45. The van der Waals surface area contributed by atoms with Gasteiger partial charge in [-0.15, -0.1) is 0 Å². The summed E-state index contributed by atoms with van der Waals surface area (Å²) >= 11 is 8.38. The number of carbonyl (C=O) groups is 2. The molecule has 0 heterocycles. The van der Waals surface area contributed by atoms with Crippen molar-refractivity contribution in [2.24, 2.45) is 10.2 Å². The lowest BCUT2D eigenvalue weighted by Gasteiger charge is -2.06. The van der Waals surface area contributed by atoms with Crippen LogP contribution in [0.1, 0.15) is 31.8 Å². The lowest BCUT2D eigenvalue weighted by atomic mass is 10.2. The number of aromatic hydroxyl groups is 2. The minimum absolute atomic E-state index is 0.135. The molecule has 2 amide bonds. The molecule has 0 aliphatic heterocycles. The third kappa shape index (κ3) is 10.2. The van der Waals surface area contributed by atoms with Crippen molar-refractivity contribution in [2.75, 3.05) is 14.2 Å². The molecule has 4 aromatic rings. The molecule has 0 fully saturated rings. The van der Waals surface area contributed by atoms with Crippen LogP contribution in [0.4, 0.5) is 0 Å². The first-order valence-electron chi connectivity index (χ1n) is 12.3. The number of phenols is 2. The van der Waals surface area contributed by atoms with Crippen molar-refractivity contribution in [3.05, 3.63) is 109 Å². The first-order valence-corrected chi connectivity index (χ1v) is 16.7. The van der Waals surface area contributed by atoms with Gasteiger partial charge in [-0.25, -0.2) is 10.9 Å². The van der Waals surface area contributed by atoms with Gasteiger partial charge >= 0.3 is 0 Å². The van der Waals surface area contributed by atoms with E-state index in [1.54, 1.807) is 60.7 Å². The lowest BCUT2D eigenvalue weighted by Crippen LogP contribution is -2.18. The van der Waals surface area contributed by atoms with Crippen LogP contribution in [0.5, 0.6) is 23.0 Å². The van der Waals surface area contributed by atoms with Gasteiger partial charge < -0.3 is 19.7 Å². The van der Waals surface area contributed by atoms with E-state index in [1.807, 2.05) is 57.3 Å². The van der Waals surface area contributed by atoms with Crippen LogP contribution in [0.15, 0.2) is 83.0 Å². The largest absolute Gasteiger partial charge is 0.506 e. The Balaban J connectivity index is 0.000000240. The smallest absolute Gasteiger partial charge is 0.275 e. The number of amides is 2. The van der Waals surface area contributed by atoms with Gasteiger partial charge in [0, 0.05) is 18.3 Å². The number of methoxy groups -OCH3 is 2. The van der Waals surface area contributed by atoms with E-state index in [9.17, 15) is 19.8 Å². The number of phenolic OH excluding ortho intramolecular Hbond substituents is 2. The van der Waals surface area contributed by atoms with Crippen LogP contribution >= 0.6 is 90.4 Å². The molecule has 0 saturated carbocycles. The van der Waals surface area contributed by atoms with Gasteiger partial charge in [0.15, 0.2) is 0 Å². The van der Waals surface area contributed by atoms with E-state index >= 15 is 0 Å². The van der Waals surface area contributed by atoms with Crippen molar-refractivity contribution in [1.29, 1.82) is 0 Å². The lowest BCUT2D eigenvalue weighted by molar-refractivity contribution is 0.0944. The topological polar surface area (TPSA) is 142 Å². The third-order valence-electron chi connectivity index (χ3n) is 5.56. The number of para-hydroxylation sites is 2. The van der Waals surface area contributed by atoms with Crippen LogP contribution in [0.25, 0.3) is 0 Å². The van der Waals surface area contributed by atoms with E-state index in [4.69, 9.17) is 9.47 Å². The highest BCUT2D eigenvalue weighted by Gasteiger charge is 2.12. The molecule has 0 saturated heterocycles. The molecule has 0 aliphatic rings. The van der Waals surface area contributed by atoms with E-state index in [0.717, 1.165) is 14.3 Å². The van der Waals surface area contributed by atoms with Crippen LogP contribution in [0.2, 0.25) is 0 Å². The first kappa shape index (κ1) is 35.8. The standard InChI is InChI=1S/2C15H12I2N2O3/c2*1-22-13-5-3-2-4-11(13)15(21)19-18-8-9-6-10(16)7-12(17)14(9)20/h2*2-8,20H,1H3,(H,19,21)/b2*18-8+. The molecule has 4 N–H and O–H groups in total. The Morgan fingerprint density at radius 2 is 1.02 bits per heavy atom. The molecule has 0 aromatic heterocycles. The Morgan fingerprint density at radius 1 is 0.659 bits per heavy atom. The maximum Gasteiger partial charge on any atom is 0.275 e. The molecule has 0 spiro atoms. The van der Waals surface area contributed by atoms with E-state index in [0.29, 0.717) is 33.8 Å². The van der Waals surface area contributed by atoms with Crippen molar-refractivity contribution >= 4 is 115 Å². The van der Waals surface area contributed by atoms with Gasteiger partial charge in [-0.3, -0.25) is 9.59 Å². The van der Waals surface area contributed by atoms with Gasteiger partial charge in [0.05, 0.1) is 44.9 Å². The molecule has 0 aliphatic carbocycles. The van der Waals surface area contributed by atoms with Gasteiger partial charge in [0.2, 0.25) is 0 Å². The number of halogens is 4. The minimum atomic E-state index is -0.381. The summed E-state index contributed by atoms with van der Waals surface area (Å²) in [6.07, 6.45) is 2.82. The van der Waals surface area contributed by atoms with Crippen molar-refractivity contribution in [3.8, 4) is 23.0 Å². The zero-order chi connectivity index (χ0) is 32.2. The van der Waals surface area contributed by atoms with Crippen LogP contribution in [0.3, 0.4) is 0 Å². The quantitative estimate of drug-likeness (QED) is 0.0876. The Labute approximate surface area is 308 Å². The molecule has 0 unspecified atom stereocenters. The monoisotopic (exact) mass is 1040 g/mol. The number of ether oxygens (including phenoxy) is 2. The summed E-state index contributed by atoms with van der Waals surface area (Å²) in [7, 11) is 3.00. The van der Waals surface area contributed by atoms with Crippen LogP contribution in [-0.2, 0) is 0 Å². The van der Waals surface area contributed by atoms with Gasteiger partial charge in [-0.1, -0.05) is 24.3 Å². The number of nitrogens with zero attached hydrogens (tertiary/aromatic N) is 2. The maximum absolute atomic E-state index is 12.1. The summed E-state index contributed by atoms with van der Waals surface area (Å²) in [6.45, 7) is 0. The fourth-order valence-electron chi connectivity index (χ4n) is 3.47. The fourth-order valence-corrected chi connectivity index (χ4v) is 7.25. The summed E-state index contributed by atoms with van der Waals surface area (Å²) < 4.78 is 13.6. The second-order valence-corrected chi connectivity index (χ2v) is 13.3. The number of benzene rings is 4. The van der Waals surface area contributed by atoms with Gasteiger partial charge in [-0.05, 0) is 139 Å². The predicted octanol–water partition coefficient (Wildman–Crippen LogP) is 6.75. The highest BCUT2D eigenvalue weighted by Crippen LogP contribution is 2.27.